The monoisotopic (exact) mass is 1140 g/mol. The molecule has 4 aromatic rings. The molecule has 0 unspecified atom stereocenters. The number of aliphatic hydroxyl groups is 1. The summed E-state index contributed by atoms with van der Waals surface area (Å²) in [5.41, 5.74) is 24.4. The fourth-order valence-corrected chi connectivity index (χ4v) is 8.56. The molecular weight excluding hydrogens is 1070 g/mol. The van der Waals surface area contributed by atoms with E-state index in [0.717, 1.165) is 21.8 Å². The van der Waals surface area contributed by atoms with Crippen LogP contribution in [0.25, 0.3) is 21.8 Å². The van der Waals surface area contributed by atoms with Crippen LogP contribution in [0.5, 0.6) is 0 Å². The molecule has 28 heteroatoms. The molecule has 0 aliphatic carbocycles. The van der Waals surface area contributed by atoms with E-state index in [4.69, 9.17) is 22.9 Å². The van der Waals surface area contributed by atoms with Gasteiger partial charge in [0.25, 0.3) is 0 Å². The highest BCUT2D eigenvalue weighted by molar-refractivity contribution is 6.00. The molecule has 0 bridgehead atoms. The van der Waals surface area contributed by atoms with E-state index in [1.165, 1.54) is 20.8 Å². The number of aromatic nitrogens is 2. The molecule has 20 N–H and O–H groups in total. The van der Waals surface area contributed by atoms with Gasteiger partial charge in [-0.2, -0.15) is 0 Å². The van der Waals surface area contributed by atoms with E-state index < -0.39 is 163 Å². The van der Waals surface area contributed by atoms with Crippen LogP contribution in [0.2, 0.25) is 0 Å². The van der Waals surface area contributed by atoms with Crippen molar-refractivity contribution in [1.82, 2.24) is 57.8 Å². The van der Waals surface area contributed by atoms with Gasteiger partial charge in [0.15, 0.2) is 0 Å². The standard InChI is InChI=1S/C54H77N15O13/c1-8-25(3)44(68-42(73)24-61-47(75)27(5)63-53(81)45(26(4)9-2)69-51(79)39(21-41(56)72)66-52(80)43(57)29(7)70)54(82)67-37(18-30-22-59-34-16-12-10-14-32(30)34)49(77)62-28(6)48(76)65-38(50(78)64-36(46(58)74)20-40(55)71)19-31-23-60-35-17-13-11-15-33(31)35/h10-17,22-23,25-29,36-39,43-45,59-60,70H,8-9,18-21,24,57H2,1-7H3,(H2,55,71)(H2,56,72)(H2,58,74)(H,61,75)(H,62,77)(H,63,81)(H,64,78)(H,65,76)(H,66,80)(H,67,82)(H,68,73)(H,69,79)/t25-,26-,27-,28-,29+,36-,37-,38-,39-,43-,44-,45-/m0/s1. The number of rotatable bonds is 32. The van der Waals surface area contributed by atoms with E-state index in [1.807, 2.05) is 6.07 Å². The van der Waals surface area contributed by atoms with Gasteiger partial charge in [-0.3, -0.25) is 57.5 Å². The Morgan fingerprint density at radius 2 is 0.890 bits per heavy atom. The SMILES string of the molecule is CC[C@H](C)[C@H](NC(=O)CNC(=O)[C@H](C)NC(=O)[C@@H](NC(=O)[C@H](CC(N)=O)NC(=O)[C@@H](N)[C@@H](C)O)[C@@H](C)CC)C(=O)N[C@@H](Cc1c[nH]c2ccccc12)C(=O)N[C@@H](C)C(=O)N[C@@H](Cc1c[nH]c2ccccc12)C(=O)N[C@@H](CC(N)=O)C(N)=O. The number of aromatic amines is 2. The van der Waals surface area contributed by atoms with E-state index in [0.29, 0.717) is 24.0 Å². The van der Waals surface area contributed by atoms with Gasteiger partial charge in [-0.25, -0.2) is 0 Å². The van der Waals surface area contributed by atoms with Crippen molar-refractivity contribution >= 4 is 92.7 Å². The Morgan fingerprint density at radius 3 is 1.38 bits per heavy atom. The van der Waals surface area contributed by atoms with Crippen molar-refractivity contribution < 1.29 is 62.6 Å². The zero-order chi connectivity index (χ0) is 61.1. The number of primary amides is 3. The lowest BCUT2D eigenvalue weighted by Gasteiger charge is -2.28. The topological polar surface area (TPSA) is 469 Å². The number of para-hydroxylation sites is 2. The van der Waals surface area contributed by atoms with Crippen LogP contribution >= 0.6 is 0 Å². The highest BCUT2D eigenvalue weighted by Gasteiger charge is 2.36. The summed E-state index contributed by atoms with van der Waals surface area (Å²) in [5.74, 6) is -11.9. The van der Waals surface area contributed by atoms with Crippen molar-refractivity contribution in [2.75, 3.05) is 6.54 Å². The van der Waals surface area contributed by atoms with Gasteiger partial charge in [0.1, 0.15) is 54.4 Å². The van der Waals surface area contributed by atoms with Crippen LogP contribution in [0.4, 0.5) is 0 Å². The molecule has 4 rings (SSSR count). The lowest BCUT2D eigenvalue weighted by molar-refractivity contribution is -0.136. The molecule has 28 nitrogen and oxygen atoms in total. The number of H-pyrrole nitrogens is 2. The van der Waals surface area contributed by atoms with Gasteiger partial charge in [0, 0.05) is 47.0 Å². The number of carbonyl (C=O) groups is 12. The summed E-state index contributed by atoms with van der Waals surface area (Å²) in [6.45, 7) is 9.99. The fourth-order valence-electron chi connectivity index (χ4n) is 8.56. The van der Waals surface area contributed by atoms with Gasteiger partial charge in [-0.15, -0.1) is 0 Å². The zero-order valence-corrected chi connectivity index (χ0v) is 46.8. The third kappa shape index (κ3) is 18.9. The third-order valence-electron chi connectivity index (χ3n) is 13.9. The van der Waals surface area contributed by atoms with E-state index in [-0.39, 0.29) is 12.8 Å². The molecular formula is C54H77N15O13. The maximum Gasteiger partial charge on any atom is 0.243 e. The summed E-state index contributed by atoms with van der Waals surface area (Å²) in [5, 5.41) is 33.8. The second-order valence-corrected chi connectivity index (χ2v) is 20.4. The van der Waals surface area contributed by atoms with Crippen molar-refractivity contribution in [3.63, 3.8) is 0 Å². The summed E-state index contributed by atoms with van der Waals surface area (Å²) >= 11 is 0. The predicted molar refractivity (Wildman–Crippen MR) is 299 cm³/mol. The first-order chi connectivity index (χ1) is 38.6. The van der Waals surface area contributed by atoms with E-state index >= 15 is 0 Å². The second-order valence-electron chi connectivity index (χ2n) is 20.4. The van der Waals surface area contributed by atoms with Crippen LogP contribution in [0, 0.1) is 11.8 Å². The number of hydrogen-bond acceptors (Lipinski definition) is 14. The largest absolute Gasteiger partial charge is 0.391 e. The smallest absolute Gasteiger partial charge is 0.243 e. The number of aliphatic hydroxyl groups excluding tert-OH is 1. The number of nitrogens with one attached hydrogen (secondary N) is 11. The Labute approximate surface area is 472 Å². The Kier molecular flexibility index (Phi) is 24.5. The second kappa shape index (κ2) is 30.6. The predicted octanol–water partition coefficient (Wildman–Crippen LogP) is -3.49. The maximum absolute atomic E-state index is 14.4. The summed E-state index contributed by atoms with van der Waals surface area (Å²) < 4.78 is 0. The number of carbonyl (C=O) groups excluding carboxylic acids is 12. The molecule has 0 spiro atoms. The summed E-state index contributed by atoms with van der Waals surface area (Å²) in [7, 11) is 0. The van der Waals surface area contributed by atoms with Gasteiger partial charge >= 0.3 is 0 Å². The molecule has 0 fully saturated rings. The first-order valence-electron chi connectivity index (χ1n) is 26.7. The Morgan fingerprint density at radius 1 is 0.488 bits per heavy atom. The highest BCUT2D eigenvalue weighted by atomic mass is 16.3. The molecule has 2 aromatic heterocycles. The van der Waals surface area contributed by atoms with Gasteiger partial charge in [0.05, 0.1) is 25.5 Å². The maximum atomic E-state index is 14.4. The van der Waals surface area contributed by atoms with Crippen LogP contribution in [-0.2, 0) is 70.4 Å². The average Bonchev–Trinajstić information content (AvgIpc) is 4.22. The van der Waals surface area contributed by atoms with Crippen LogP contribution in [0.15, 0.2) is 60.9 Å². The van der Waals surface area contributed by atoms with E-state index in [9.17, 15) is 62.6 Å². The number of hydrogen-bond donors (Lipinski definition) is 16. The minimum atomic E-state index is -1.58. The summed E-state index contributed by atoms with van der Waals surface area (Å²) in [6, 6.07) is 1.76. The van der Waals surface area contributed by atoms with Gasteiger partial charge in [0.2, 0.25) is 70.9 Å². The normalized spacial score (nSPS) is 15.6. The summed E-state index contributed by atoms with van der Waals surface area (Å²) in [4.78, 5) is 165. The van der Waals surface area contributed by atoms with Crippen molar-refractivity contribution in [1.29, 1.82) is 0 Å². The average molecular weight is 1140 g/mol. The van der Waals surface area contributed by atoms with Gasteiger partial charge < -0.3 is 85.9 Å². The van der Waals surface area contributed by atoms with Crippen LogP contribution < -0.4 is 70.8 Å². The van der Waals surface area contributed by atoms with Crippen molar-refractivity contribution in [3.8, 4) is 0 Å². The Hall–Kier alpha value is -8.92. The molecule has 446 valence electrons. The van der Waals surface area contributed by atoms with Crippen LogP contribution in [0.1, 0.15) is 85.3 Å². The molecule has 82 heavy (non-hydrogen) atoms. The molecule has 0 aliphatic heterocycles. The molecule has 2 aromatic carbocycles. The first-order valence-corrected chi connectivity index (χ1v) is 26.7. The zero-order valence-electron chi connectivity index (χ0n) is 46.8. The van der Waals surface area contributed by atoms with E-state index in [2.05, 4.69) is 57.8 Å². The molecule has 12 amide bonds. The molecule has 0 saturated heterocycles. The van der Waals surface area contributed by atoms with E-state index in [1.54, 1.807) is 82.6 Å². The van der Waals surface area contributed by atoms with Crippen molar-refractivity contribution in [2.45, 2.75) is 147 Å². The number of amides is 12. The number of nitrogens with two attached hydrogens (primary N) is 4. The lowest BCUT2D eigenvalue weighted by Crippen LogP contribution is -2.60. The fraction of sp³-hybridized carbons (Fsp3) is 0.481. The summed E-state index contributed by atoms with van der Waals surface area (Å²) in [6.07, 6.45) is 1.13. The Balaban J connectivity index is 1.49. The first kappa shape index (κ1) is 65.6. The minimum absolute atomic E-state index is 0.123. The number of fused-ring (bicyclic) bond motifs is 2. The quantitative estimate of drug-likeness (QED) is 0.0226. The molecule has 0 saturated carbocycles. The molecule has 0 aliphatic rings. The van der Waals surface area contributed by atoms with Crippen molar-refractivity contribution in [3.05, 3.63) is 72.1 Å². The van der Waals surface area contributed by atoms with Crippen molar-refractivity contribution in [2.24, 2.45) is 34.8 Å². The van der Waals surface area contributed by atoms with Crippen LogP contribution in [-0.4, -0.2) is 153 Å². The highest BCUT2D eigenvalue weighted by Crippen LogP contribution is 2.21. The lowest BCUT2D eigenvalue weighted by atomic mass is 9.97. The van der Waals surface area contributed by atoms with Gasteiger partial charge in [-0.05, 0) is 55.9 Å². The van der Waals surface area contributed by atoms with Gasteiger partial charge in [-0.1, -0.05) is 76.9 Å². The molecule has 12 atom stereocenters. The molecule has 2 heterocycles. The molecule has 0 radical (unpaired) electrons. The number of benzene rings is 2. The van der Waals surface area contributed by atoms with Crippen LogP contribution in [0.3, 0.4) is 0 Å². The minimum Gasteiger partial charge on any atom is -0.391 e. The Bertz CT molecular complexity index is 2980. The third-order valence-corrected chi connectivity index (χ3v) is 13.9.